The molecule has 0 aliphatic heterocycles. The smallest absolute Gasteiger partial charge is 0.436 e. The molecule has 0 heterocycles. The summed E-state index contributed by atoms with van der Waals surface area (Å²) < 4.78 is 0. The zero-order valence-corrected chi connectivity index (χ0v) is 6.91. The van der Waals surface area contributed by atoms with Crippen LogP contribution < -0.4 is 0 Å². The van der Waals surface area contributed by atoms with E-state index in [9.17, 15) is 9.59 Å². The summed E-state index contributed by atoms with van der Waals surface area (Å²) in [7, 11) is 0. The molecule has 0 radical (unpaired) electrons. The molecule has 0 fully saturated rings. The van der Waals surface area contributed by atoms with Gasteiger partial charge in [0.15, 0.2) is 0 Å². The molecule has 0 aliphatic rings. The van der Waals surface area contributed by atoms with Gasteiger partial charge in [-0.05, 0) is 0 Å². The topological polar surface area (TPSA) is 66.8 Å². The fourth-order valence-electron chi connectivity index (χ4n) is 0.329. The van der Waals surface area contributed by atoms with Gasteiger partial charge in [0.1, 0.15) is 12.1 Å². The van der Waals surface area contributed by atoms with Gasteiger partial charge in [-0.15, -0.1) is 24.0 Å². The number of carboxylic acid groups (broad SMARTS) is 1. The van der Waals surface area contributed by atoms with Gasteiger partial charge in [-0.25, -0.2) is 9.59 Å². The van der Waals surface area contributed by atoms with Crippen molar-refractivity contribution >= 4 is 24.4 Å². The quantitative estimate of drug-likeness (QED) is 0.408. The molecule has 0 aromatic rings. The molecule has 5 nitrogen and oxygen atoms in total. The Labute approximate surface area is 75.3 Å². The van der Waals surface area contributed by atoms with Gasteiger partial charge in [0.2, 0.25) is 0 Å². The molecule has 0 aliphatic carbocycles. The van der Waals surface area contributed by atoms with E-state index >= 15 is 0 Å². The Kier molecular flexibility index (Phi) is 8.67. The lowest BCUT2D eigenvalue weighted by Crippen LogP contribution is -2.24. The van der Waals surface area contributed by atoms with Gasteiger partial charge < -0.3 is 5.11 Å². The number of amides is 1. The highest BCUT2D eigenvalue weighted by Crippen LogP contribution is 1.90. The summed E-state index contributed by atoms with van der Waals surface area (Å²) in [4.78, 5) is 24.3. The van der Waals surface area contributed by atoms with Crippen molar-refractivity contribution in [3.05, 3.63) is 18.9 Å². The summed E-state index contributed by atoms with van der Waals surface area (Å²) in [5.41, 5.74) is 0. The molecule has 12 heavy (non-hydrogen) atoms. The van der Waals surface area contributed by atoms with Crippen LogP contribution in [0.4, 0.5) is 4.79 Å². The first-order chi connectivity index (χ1) is 5.22. The summed E-state index contributed by atoms with van der Waals surface area (Å²) in [5.74, 6) is 1.27. The van der Waals surface area contributed by atoms with E-state index in [0.717, 1.165) is 0 Å². The minimum Gasteiger partial charge on any atom is -0.463 e. The van der Waals surface area contributed by atoms with Crippen LogP contribution in [-0.4, -0.2) is 28.8 Å². The van der Waals surface area contributed by atoms with Gasteiger partial charge in [-0.2, -0.15) is 0 Å². The summed E-state index contributed by atoms with van der Waals surface area (Å²) in [6.07, 6.45) is 0.607. The average Bonchev–Trinajstić information content (AvgIpc) is 1.97. The number of hydroxylamine groups is 2. The van der Waals surface area contributed by atoms with Crippen molar-refractivity contribution in [3.63, 3.8) is 0 Å². The molecule has 1 amide bonds. The first-order valence-electron chi connectivity index (χ1n) is 2.69. The van der Waals surface area contributed by atoms with E-state index in [0.29, 0.717) is 11.3 Å². The molecule has 6 heteroatoms. The molecule has 0 saturated carbocycles. The Bertz CT molecular complexity index is 198. The van der Waals surface area contributed by atoms with Crippen LogP contribution in [0.2, 0.25) is 0 Å². The first kappa shape index (κ1) is 13.3. The molecular weight excluding hydrogens is 186 g/mol. The van der Waals surface area contributed by atoms with Crippen LogP contribution in [0, 0.1) is 0 Å². The normalized spacial score (nSPS) is 7.33. The van der Waals surface area contributed by atoms with Crippen LogP contribution in [0.25, 0.3) is 0 Å². The van der Waals surface area contributed by atoms with Gasteiger partial charge in [-0.1, -0.05) is 6.08 Å². The molecule has 0 atom stereocenters. The highest BCUT2D eigenvalue weighted by molar-refractivity contribution is 5.85. The maximum absolute atomic E-state index is 10.2. The second-order valence-electron chi connectivity index (χ2n) is 1.44. The Morgan fingerprint density at radius 1 is 1.75 bits per heavy atom. The second kappa shape index (κ2) is 7.81. The maximum atomic E-state index is 10.2. The van der Waals surface area contributed by atoms with Crippen molar-refractivity contribution in [2.24, 2.45) is 0 Å². The Balaban J connectivity index is 0. The van der Waals surface area contributed by atoms with Crippen molar-refractivity contribution in [1.29, 1.82) is 0 Å². The molecule has 0 rings (SSSR count). The van der Waals surface area contributed by atoms with Crippen molar-refractivity contribution in [2.45, 2.75) is 0 Å². The van der Waals surface area contributed by atoms with Crippen LogP contribution >= 0.6 is 12.4 Å². The minimum atomic E-state index is -1.38. The fourth-order valence-corrected chi connectivity index (χ4v) is 0.329. The molecule has 0 spiro atoms. The van der Waals surface area contributed by atoms with Crippen LogP contribution in [0.3, 0.4) is 0 Å². The summed E-state index contributed by atoms with van der Waals surface area (Å²) in [6.45, 7) is 3.31. The molecule has 0 aromatic carbocycles. The highest BCUT2D eigenvalue weighted by Gasteiger charge is 2.07. The largest absolute Gasteiger partial charge is 0.463 e. The van der Waals surface area contributed by atoms with E-state index in [1.807, 2.05) is 0 Å². The lowest BCUT2D eigenvalue weighted by Gasteiger charge is -2.09. The number of rotatable bonds is 4. The van der Waals surface area contributed by atoms with Gasteiger partial charge in [0.05, 0.1) is 6.61 Å². The Morgan fingerprint density at radius 2 is 2.33 bits per heavy atom. The highest BCUT2D eigenvalue weighted by atomic mass is 35.5. The molecule has 0 bridgehead atoms. The maximum Gasteiger partial charge on any atom is 0.436 e. The standard InChI is InChI=1S/C6H7NO4.ClH/c1-2-5-11-7(3-4-8)6(9)10;/h2-3H,1,5H2,(H,9,10);1H. The molecule has 68 valence electrons. The second-order valence-corrected chi connectivity index (χ2v) is 1.44. The average molecular weight is 194 g/mol. The summed E-state index contributed by atoms with van der Waals surface area (Å²) in [5, 5.41) is 8.64. The summed E-state index contributed by atoms with van der Waals surface area (Å²) in [6, 6.07) is 0. The van der Waals surface area contributed by atoms with E-state index in [4.69, 9.17) is 5.11 Å². The third kappa shape index (κ3) is 5.49. The number of hydrogen-bond acceptors (Lipinski definition) is 3. The van der Waals surface area contributed by atoms with Crippen LogP contribution in [-0.2, 0) is 9.63 Å². The number of carbonyl (C=O) groups excluding carboxylic acids is 1. The lowest BCUT2D eigenvalue weighted by atomic mass is 10.7. The Hall–Kier alpha value is -1.29. The summed E-state index contributed by atoms with van der Waals surface area (Å²) >= 11 is 0. The van der Waals surface area contributed by atoms with Crippen LogP contribution in [0.5, 0.6) is 0 Å². The monoisotopic (exact) mass is 193 g/mol. The fraction of sp³-hybridized carbons (Fsp3) is 0.167. The zero-order chi connectivity index (χ0) is 8.69. The third-order valence-corrected chi connectivity index (χ3v) is 0.690. The van der Waals surface area contributed by atoms with E-state index < -0.39 is 6.09 Å². The first-order valence-corrected chi connectivity index (χ1v) is 2.69. The predicted molar refractivity (Wildman–Crippen MR) is 43.5 cm³/mol. The minimum absolute atomic E-state index is 0. The lowest BCUT2D eigenvalue weighted by molar-refractivity contribution is -0.0813. The van der Waals surface area contributed by atoms with Gasteiger partial charge >= 0.3 is 6.09 Å². The Morgan fingerprint density at radius 3 is 2.67 bits per heavy atom. The van der Waals surface area contributed by atoms with Crippen molar-refractivity contribution in [3.8, 4) is 0 Å². The molecule has 0 saturated heterocycles. The van der Waals surface area contributed by atoms with Crippen molar-refractivity contribution in [1.82, 2.24) is 5.06 Å². The zero-order valence-electron chi connectivity index (χ0n) is 6.10. The van der Waals surface area contributed by atoms with E-state index in [1.165, 1.54) is 12.0 Å². The molecule has 0 unspecified atom stereocenters. The molecule has 0 aromatic heterocycles. The van der Waals surface area contributed by atoms with Gasteiger partial charge in [0, 0.05) is 0 Å². The van der Waals surface area contributed by atoms with E-state index in [2.05, 4.69) is 11.4 Å². The number of hydrogen-bond donors (Lipinski definition) is 1. The third-order valence-electron chi connectivity index (χ3n) is 0.690. The van der Waals surface area contributed by atoms with Gasteiger partial charge in [0.25, 0.3) is 0 Å². The predicted octanol–water partition coefficient (Wildman–Crippen LogP) is 0.851. The van der Waals surface area contributed by atoms with Crippen LogP contribution in [0.1, 0.15) is 0 Å². The van der Waals surface area contributed by atoms with Gasteiger partial charge in [-0.3, -0.25) is 4.84 Å². The van der Waals surface area contributed by atoms with Crippen molar-refractivity contribution < 1.29 is 19.5 Å². The number of nitrogens with zero attached hydrogens (tertiary/aromatic N) is 1. The van der Waals surface area contributed by atoms with Crippen LogP contribution in [0.15, 0.2) is 18.9 Å². The molecule has 1 N–H and O–H groups in total. The number of carbonyl (C=O) groups is 1. The van der Waals surface area contributed by atoms with E-state index in [1.54, 1.807) is 0 Å². The van der Waals surface area contributed by atoms with Crippen molar-refractivity contribution in [2.75, 3.05) is 6.61 Å². The van der Waals surface area contributed by atoms with E-state index in [-0.39, 0.29) is 19.0 Å². The molecular formula is C6H8ClNO4. The number of halogens is 1. The SMILES string of the molecule is C=CCON(C=C=O)C(=O)O.Cl.